The Balaban J connectivity index is 1.57. The number of rotatable bonds is 3. The SMILES string of the molecule is CC(=Cc1ccn(-c2ccccc2)n1)[C@@H]1C[C@@H]2O[C@]2(C)CCC[C@H](C)[C@H](O)[C@@H](C)C(=O)C(C)(C)[C@@H](O)CC(=O)O1. The number of Topliss-reactive ketones (excluding diaryl/α,β-unsaturated/α-hetero) is 1. The number of carbonyl (C=O) groups excluding carboxylic acids is 2. The van der Waals surface area contributed by atoms with Gasteiger partial charge in [0.05, 0.1) is 47.1 Å². The van der Waals surface area contributed by atoms with Gasteiger partial charge in [-0.25, -0.2) is 4.68 Å². The third-order valence-electron chi connectivity index (χ3n) is 8.92. The minimum Gasteiger partial charge on any atom is -0.458 e. The Morgan fingerprint density at radius 3 is 2.50 bits per heavy atom. The number of aliphatic hydroxyl groups excluding tert-OH is 2. The smallest absolute Gasteiger partial charge is 0.309 e. The molecule has 3 heterocycles. The summed E-state index contributed by atoms with van der Waals surface area (Å²) in [5.74, 6) is -1.60. The summed E-state index contributed by atoms with van der Waals surface area (Å²) < 4.78 is 13.8. The molecule has 2 fully saturated rings. The topological polar surface area (TPSA) is 114 Å². The van der Waals surface area contributed by atoms with E-state index in [2.05, 4.69) is 12.0 Å². The third kappa shape index (κ3) is 6.73. The number of ketones is 1. The predicted molar refractivity (Wildman–Crippen MR) is 153 cm³/mol. The highest BCUT2D eigenvalue weighted by Gasteiger charge is 2.53. The van der Waals surface area contributed by atoms with Crippen LogP contribution in [0.15, 0.2) is 48.2 Å². The second kappa shape index (κ2) is 12.0. The van der Waals surface area contributed by atoms with Gasteiger partial charge in [-0.1, -0.05) is 52.3 Å². The van der Waals surface area contributed by atoms with Gasteiger partial charge in [-0.15, -0.1) is 0 Å². The van der Waals surface area contributed by atoms with Gasteiger partial charge in [-0.3, -0.25) is 9.59 Å². The third-order valence-corrected chi connectivity index (χ3v) is 8.92. The van der Waals surface area contributed by atoms with Crippen LogP contribution < -0.4 is 0 Å². The molecule has 0 spiro atoms. The average molecular weight is 553 g/mol. The molecule has 0 saturated carbocycles. The summed E-state index contributed by atoms with van der Waals surface area (Å²) in [7, 11) is 0. The van der Waals surface area contributed by atoms with E-state index in [0.717, 1.165) is 36.2 Å². The van der Waals surface area contributed by atoms with Crippen molar-refractivity contribution in [2.75, 3.05) is 0 Å². The molecule has 2 aliphatic heterocycles. The first-order valence-corrected chi connectivity index (χ1v) is 14.4. The molecule has 218 valence electrons. The first-order valence-electron chi connectivity index (χ1n) is 14.4. The number of hydrogen-bond acceptors (Lipinski definition) is 7. The first kappa shape index (κ1) is 30.2. The summed E-state index contributed by atoms with van der Waals surface area (Å²) in [4.78, 5) is 26.4. The number of fused-ring (bicyclic) bond motifs is 1. The fourth-order valence-corrected chi connectivity index (χ4v) is 5.76. The average Bonchev–Trinajstić information content (AvgIpc) is 3.31. The van der Waals surface area contributed by atoms with E-state index in [1.165, 1.54) is 0 Å². The number of hydrogen-bond donors (Lipinski definition) is 2. The summed E-state index contributed by atoms with van der Waals surface area (Å²) in [6.45, 7) is 10.9. The molecule has 1 aromatic heterocycles. The Morgan fingerprint density at radius 2 is 1.80 bits per heavy atom. The maximum atomic E-state index is 13.3. The molecule has 0 aliphatic carbocycles. The van der Waals surface area contributed by atoms with E-state index < -0.39 is 35.6 Å². The molecular formula is C32H44N2O6. The number of cyclic esters (lactones) is 1. The van der Waals surface area contributed by atoms with Crippen LogP contribution >= 0.6 is 0 Å². The minimum atomic E-state index is -1.25. The van der Waals surface area contributed by atoms with Gasteiger partial charge in [0.15, 0.2) is 0 Å². The highest BCUT2D eigenvalue weighted by Crippen LogP contribution is 2.45. The molecular weight excluding hydrogens is 508 g/mol. The van der Waals surface area contributed by atoms with Crippen molar-refractivity contribution >= 4 is 17.8 Å². The Kier molecular flexibility index (Phi) is 9.02. The van der Waals surface area contributed by atoms with E-state index in [-0.39, 0.29) is 29.8 Å². The molecule has 0 bridgehead atoms. The van der Waals surface area contributed by atoms with E-state index in [9.17, 15) is 19.8 Å². The summed E-state index contributed by atoms with van der Waals surface area (Å²) in [5.41, 5.74) is 0.947. The molecule has 4 rings (SSSR count). The van der Waals surface area contributed by atoms with Crippen molar-refractivity contribution in [3.05, 3.63) is 53.9 Å². The lowest BCUT2D eigenvalue weighted by atomic mass is 9.73. The van der Waals surface area contributed by atoms with Crippen molar-refractivity contribution in [2.45, 2.75) is 104 Å². The Bertz CT molecular complexity index is 1220. The van der Waals surface area contributed by atoms with Crippen LogP contribution in [0.1, 0.15) is 79.3 Å². The molecule has 2 saturated heterocycles. The molecule has 40 heavy (non-hydrogen) atoms. The lowest BCUT2D eigenvalue weighted by Crippen LogP contribution is -2.45. The van der Waals surface area contributed by atoms with Crippen molar-refractivity contribution in [2.24, 2.45) is 17.3 Å². The van der Waals surface area contributed by atoms with Crippen LogP contribution in [0, 0.1) is 17.3 Å². The highest BCUT2D eigenvalue weighted by atomic mass is 16.6. The van der Waals surface area contributed by atoms with E-state index in [1.54, 1.807) is 25.5 Å². The quantitative estimate of drug-likeness (QED) is 0.411. The molecule has 2 aliphatic rings. The number of aromatic nitrogens is 2. The lowest BCUT2D eigenvalue weighted by Gasteiger charge is -2.34. The number of nitrogens with zero attached hydrogens (tertiary/aromatic N) is 2. The maximum absolute atomic E-state index is 13.3. The van der Waals surface area contributed by atoms with Gasteiger partial charge in [0, 0.05) is 18.5 Å². The van der Waals surface area contributed by atoms with Crippen LogP contribution in [0.5, 0.6) is 0 Å². The fraction of sp³-hybridized carbons (Fsp3) is 0.594. The van der Waals surface area contributed by atoms with Crippen molar-refractivity contribution in [3.63, 3.8) is 0 Å². The number of epoxide rings is 1. The number of esters is 1. The van der Waals surface area contributed by atoms with E-state index in [1.807, 2.05) is 62.5 Å². The van der Waals surface area contributed by atoms with Crippen molar-refractivity contribution < 1.29 is 29.3 Å². The molecule has 7 atom stereocenters. The zero-order chi connectivity index (χ0) is 29.2. The van der Waals surface area contributed by atoms with E-state index in [0.29, 0.717) is 6.42 Å². The Morgan fingerprint density at radius 1 is 1.10 bits per heavy atom. The number of carbonyl (C=O) groups is 2. The first-order chi connectivity index (χ1) is 18.8. The van der Waals surface area contributed by atoms with Crippen LogP contribution in [0.4, 0.5) is 0 Å². The molecule has 8 heteroatoms. The van der Waals surface area contributed by atoms with Crippen LogP contribution in [0.2, 0.25) is 0 Å². The van der Waals surface area contributed by atoms with Crippen molar-refractivity contribution in [1.82, 2.24) is 9.78 Å². The molecule has 0 radical (unpaired) electrons. The number of ether oxygens (including phenoxy) is 2. The van der Waals surface area contributed by atoms with Crippen molar-refractivity contribution in [1.29, 1.82) is 0 Å². The monoisotopic (exact) mass is 552 g/mol. The Hall–Kier alpha value is -2.81. The zero-order valence-corrected chi connectivity index (χ0v) is 24.5. The molecule has 0 amide bonds. The van der Waals surface area contributed by atoms with Gasteiger partial charge in [0.25, 0.3) is 0 Å². The Labute approximate surface area is 237 Å². The van der Waals surface area contributed by atoms with Gasteiger partial charge in [-0.2, -0.15) is 5.10 Å². The standard InChI is InChI=1S/C32H44N2O6/c1-20-11-10-15-32(6)27(40-32)18-25(21(2)17-23-14-16-34(33-23)24-12-8-7-9-13-24)39-28(36)19-26(35)31(4,5)30(38)22(3)29(20)37/h7-9,12-14,16-17,20,22,25-27,29,35,37H,10-11,15,18-19H2,1-6H3/t20-,22+,25-,26-,27-,29-,32+/m0/s1. The van der Waals surface area contributed by atoms with Crippen LogP contribution in [-0.2, 0) is 19.1 Å². The van der Waals surface area contributed by atoms with Crippen LogP contribution in [0.25, 0.3) is 11.8 Å². The maximum Gasteiger partial charge on any atom is 0.309 e. The van der Waals surface area contributed by atoms with Crippen LogP contribution in [0.3, 0.4) is 0 Å². The zero-order valence-electron chi connectivity index (χ0n) is 24.5. The van der Waals surface area contributed by atoms with Gasteiger partial charge < -0.3 is 19.7 Å². The van der Waals surface area contributed by atoms with Gasteiger partial charge in [0.2, 0.25) is 0 Å². The number of aliphatic hydroxyl groups is 2. The summed E-state index contributed by atoms with van der Waals surface area (Å²) in [5, 5.41) is 26.5. The number of benzene rings is 1. The normalized spacial score (nSPS) is 34.1. The van der Waals surface area contributed by atoms with E-state index >= 15 is 0 Å². The van der Waals surface area contributed by atoms with E-state index in [4.69, 9.17) is 9.47 Å². The summed E-state index contributed by atoms with van der Waals surface area (Å²) in [6.07, 6.45) is 3.63. The lowest BCUT2D eigenvalue weighted by molar-refractivity contribution is -0.154. The molecule has 0 unspecified atom stereocenters. The minimum absolute atomic E-state index is 0.0782. The van der Waals surface area contributed by atoms with Crippen molar-refractivity contribution in [3.8, 4) is 5.69 Å². The molecule has 2 aromatic rings. The number of para-hydroxylation sites is 1. The highest BCUT2D eigenvalue weighted by molar-refractivity contribution is 5.88. The summed E-state index contributed by atoms with van der Waals surface area (Å²) >= 11 is 0. The van der Waals surface area contributed by atoms with Gasteiger partial charge in [0.1, 0.15) is 11.9 Å². The fourth-order valence-electron chi connectivity index (χ4n) is 5.76. The van der Waals surface area contributed by atoms with Gasteiger partial charge >= 0.3 is 5.97 Å². The predicted octanol–water partition coefficient (Wildman–Crippen LogP) is 4.90. The molecule has 2 N–H and O–H groups in total. The summed E-state index contributed by atoms with van der Waals surface area (Å²) in [6, 6.07) is 11.7. The molecule has 8 nitrogen and oxygen atoms in total. The molecule has 1 aromatic carbocycles. The van der Waals surface area contributed by atoms with Gasteiger partial charge in [-0.05, 0) is 62.5 Å². The second-order valence-electron chi connectivity index (χ2n) is 12.5. The second-order valence-corrected chi connectivity index (χ2v) is 12.5. The van der Waals surface area contributed by atoms with Crippen LogP contribution in [-0.4, -0.2) is 61.8 Å². The largest absolute Gasteiger partial charge is 0.458 e.